The van der Waals surface area contributed by atoms with E-state index in [9.17, 15) is 0 Å². The van der Waals surface area contributed by atoms with Crippen LogP contribution in [0.4, 0.5) is 0 Å². The van der Waals surface area contributed by atoms with E-state index in [1.807, 2.05) is 0 Å². The molecule has 0 fully saturated rings. The van der Waals surface area contributed by atoms with Gasteiger partial charge in [0.2, 0.25) is 0 Å². The Bertz CT molecular complexity index is 463. The lowest BCUT2D eigenvalue weighted by Crippen LogP contribution is -2.34. The first-order valence-corrected chi connectivity index (χ1v) is 13.8. The molecule has 0 aromatic carbocycles. The number of unbranched alkanes of at least 4 members (excludes halogenated alkanes) is 15. The molecule has 0 bridgehead atoms. The van der Waals surface area contributed by atoms with Crippen LogP contribution in [0.1, 0.15) is 147 Å². The van der Waals surface area contributed by atoms with E-state index in [0.717, 1.165) is 0 Å². The van der Waals surface area contributed by atoms with Crippen LogP contribution in [0.25, 0.3) is 0 Å². The molecule has 0 amide bonds. The highest BCUT2D eigenvalue weighted by Gasteiger charge is 2.08. The van der Waals surface area contributed by atoms with Crippen molar-refractivity contribution >= 4 is 0 Å². The topological polar surface area (TPSA) is 3.88 Å². The molecule has 1 heteroatoms. The molecular formula is C29H54N+. The maximum Gasteiger partial charge on any atom is 0.171 e. The molecule has 1 heterocycles. The lowest BCUT2D eigenvalue weighted by atomic mass is 10.0. The second-order valence-electron chi connectivity index (χ2n) is 9.59. The summed E-state index contributed by atoms with van der Waals surface area (Å²) in [5, 5.41) is 0. The highest BCUT2D eigenvalue weighted by molar-refractivity contribution is 5.15. The lowest BCUT2D eigenvalue weighted by Gasteiger charge is -2.07. The quantitative estimate of drug-likeness (QED) is 0.139. The summed E-state index contributed by atoms with van der Waals surface area (Å²) in [6, 6.07) is 2.51. The zero-order valence-corrected chi connectivity index (χ0v) is 21.0. The SMILES string of the molecule is CCCCCCCCCCCC[n+]1cc(CCCCCC)cc(CCCCCC)c1. The Morgan fingerprint density at radius 3 is 1.27 bits per heavy atom. The fraction of sp³-hybridized carbons (Fsp3) is 0.828. The van der Waals surface area contributed by atoms with Gasteiger partial charge in [-0.3, -0.25) is 0 Å². The molecule has 1 aromatic heterocycles. The highest BCUT2D eigenvalue weighted by Crippen LogP contribution is 2.13. The zero-order chi connectivity index (χ0) is 21.7. The van der Waals surface area contributed by atoms with Crippen molar-refractivity contribution in [2.45, 2.75) is 156 Å². The Hall–Kier alpha value is -0.850. The normalized spacial score (nSPS) is 11.3. The van der Waals surface area contributed by atoms with Crippen molar-refractivity contribution in [1.29, 1.82) is 0 Å². The molecule has 0 atom stereocenters. The smallest absolute Gasteiger partial charge is 0.171 e. The third-order valence-electron chi connectivity index (χ3n) is 6.44. The van der Waals surface area contributed by atoms with Gasteiger partial charge in [-0.1, -0.05) is 111 Å². The first kappa shape index (κ1) is 27.2. The van der Waals surface area contributed by atoms with E-state index in [1.165, 1.54) is 135 Å². The Morgan fingerprint density at radius 1 is 0.467 bits per heavy atom. The van der Waals surface area contributed by atoms with Crippen molar-refractivity contribution in [2.24, 2.45) is 0 Å². The molecule has 0 spiro atoms. The van der Waals surface area contributed by atoms with Crippen LogP contribution in [0.5, 0.6) is 0 Å². The Balaban J connectivity index is 2.35. The fourth-order valence-corrected chi connectivity index (χ4v) is 4.47. The van der Waals surface area contributed by atoms with Crippen LogP contribution in [-0.4, -0.2) is 0 Å². The van der Waals surface area contributed by atoms with Gasteiger partial charge in [-0.2, -0.15) is 0 Å². The summed E-state index contributed by atoms with van der Waals surface area (Å²) in [7, 11) is 0. The number of hydrogen-bond acceptors (Lipinski definition) is 0. The Kier molecular flexibility index (Phi) is 18.2. The number of aryl methyl sites for hydroxylation is 3. The summed E-state index contributed by atoms with van der Waals surface area (Å²) in [4.78, 5) is 0. The van der Waals surface area contributed by atoms with E-state index in [0.29, 0.717) is 0 Å². The van der Waals surface area contributed by atoms with Crippen LogP contribution in [0.3, 0.4) is 0 Å². The van der Waals surface area contributed by atoms with E-state index < -0.39 is 0 Å². The first-order chi connectivity index (χ1) is 14.8. The summed E-state index contributed by atoms with van der Waals surface area (Å²) in [5.74, 6) is 0. The second-order valence-corrected chi connectivity index (χ2v) is 9.59. The van der Waals surface area contributed by atoms with Crippen LogP contribution >= 0.6 is 0 Å². The summed E-state index contributed by atoms with van der Waals surface area (Å²) in [5.41, 5.74) is 3.15. The molecule has 174 valence electrons. The van der Waals surface area contributed by atoms with Gasteiger partial charge in [-0.25, -0.2) is 4.57 Å². The molecule has 0 saturated carbocycles. The molecule has 0 aliphatic heterocycles. The monoisotopic (exact) mass is 416 g/mol. The molecule has 0 aliphatic rings. The third kappa shape index (κ3) is 15.0. The molecule has 0 N–H and O–H groups in total. The van der Waals surface area contributed by atoms with Crippen molar-refractivity contribution in [2.75, 3.05) is 0 Å². The molecule has 0 unspecified atom stereocenters. The van der Waals surface area contributed by atoms with E-state index in [4.69, 9.17) is 0 Å². The number of hydrogen-bond donors (Lipinski definition) is 0. The van der Waals surface area contributed by atoms with E-state index in [1.54, 1.807) is 11.1 Å². The van der Waals surface area contributed by atoms with Crippen molar-refractivity contribution in [3.63, 3.8) is 0 Å². The molecule has 0 aliphatic carbocycles. The Morgan fingerprint density at radius 2 is 0.833 bits per heavy atom. The van der Waals surface area contributed by atoms with E-state index in [2.05, 4.69) is 43.8 Å². The van der Waals surface area contributed by atoms with Crippen molar-refractivity contribution < 1.29 is 4.57 Å². The van der Waals surface area contributed by atoms with Crippen LogP contribution < -0.4 is 4.57 Å². The van der Waals surface area contributed by atoms with Gasteiger partial charge in [0.05, 0.1) is 0 Å². The average Bonchev–Trinajstić information content (AvgIpc) is 2.75. The van der Waals surface area contributed by atoms with Gasteiger partial charge < -0.3 is 0 Å². The summed E-state index contributed by atoms with van der Waals surface area (Å²) in [6.45, 7) is 8.12. The van der Waals surface area contributed by atoms with Gasteiger partial charge in [-0.05, 0) is 38.2 Å². The van der Waals surface area contributed by atoms with Gasteiger partial charge >= 0.3 is 0 Å². The number of pyridine rings is 1. The molecule has 1 aromatic rings. The minimum Gasteiger partial charge on any atom is -0.205 e. The maximum atomic E-state index is 2.52. The number of rotatable bonds is 21. The summed E-state index contributed by atoms with van der Waals surface area (Å²) >= 11 is 0. The van der Waals surface area contributed by atoms with Crippen LogP contribution in [0, 0.1) is 0 Å². The van der Waals surface area contributed by atoms with Gasteiger partial charge in [0.25, 0.3) is 0 Å². The fourth-order valence-electron chi connectivity index (χ4n) is 4.47. The van der Waals surface area contributed by atoms with Crippen molar-refractivity contribution in [3.8, 4) is 0 Å². The summed E-state index contributed by atoms with van der Waals surface area (Å²) in [6.07, 6.45) is 32.5. The number of aromatic nitrogens is 1. The minimum atomic E-state index is 1.21. The highest BCUT2D eigenvalue weighted by atomic mass is 14.9. The lowest BCUT2D eigenvalue weighted by molar-refractivity contribution is -0.698. The van der Waals surface area contributed by atoms with Gasteiger partial charge in [0.15, 0.2) is 12.4 Å². The minimum absolute atomic E-state index is 1.21. The Labute approximate surface area is 190 Å². The molecule has 0 saturated heterocycles. The molecule has 30 heavy (non-hydrogen) atoms. The molecular weight excluding hydrogens is 362 g/mol. The molecule has 1 rings (SSSR count). The predicted octanol–water partition coefficient (Wildman–Crippen LogP) is 9.14. The molecule has 0 radical (unpaired) electrons. The van der Waals surface area contributed by atoms with Gasteiger partial charge in [0.1, 0.15) is 6.54 Å². The third-order valence-corrected chi connectivity index (χ3v) is 6.44. The van der Waals surface area contributed by atoms with E-state index >= 15 is 0 Å². The van der Waals surface area contributed by atoms with E-state index in [-0.39, 0.29) is 0 Å². The zero-order valence-electron chi connectivity index (χ0n) is 21.0. The van der Waals surface area contributed by atoms with Crippen molar-refractivity contribution in [1.82, 2.24) is 0 Å². The van der Waals surface area contributed by atoms with Crippen molar-refractivity contribution in [3.05, 3.63) is 29.6 Å². The van der Waals surface area contributed by atoms with Crippen LogP contribution in [0.2, 0.25) is 0 Å². The molecule has 1 nitrogen and oxygen atoms in total. The largest absolute Gasteiger partial charge is 0.205 e. The van der Waals surface area contributed by atoms with Crippen LogP contribution in [0.15, 0.2) is 18.5 Å². The summed E-state index contributed by atoms with van der Waals surface area (Å²) < 4.78 is 2.52. The van der Waals surface area contributed by atoms with Gasteiger partial charge in [0, 0.05) is 17.5 Å². The average molecular weight is 417 g/mol. The first-order valence-electron chi connectivity index (χ1n) is 13.8. The standard InChI is InChI=1S/C29H54N/c1-4-7-10-13-14-15-16-17-18-21-24-30-26-28(22-19-11-8-5-2)25-29(27-30)23-20-12-9-6-3/h25-27H,4-24H2,1-3H3/q+1. The van der Waals surface area contributed by atoms with Gasteiger partial charge in [-0.15, -0.1) is 0 Å². The second kappa shape index (κ2) is 20.1. The van der Waals surface area contributed by atoms with Crippen LogP contribution in [-0.2, 0) is 19.4 Å². The maximum absolute atomic E-state index is 2.52. The predicted molar refractivity (Wildman–Crippen MR) is 134 cm³/mol. The number of nitrogens with zero attached hydrogens (tertiary/aromatic N) is 1.